The summed E-state index contributed by atoms with van der Waals surface area (Å²) < 4.78 is 13.5. The Labute approximate surface area is 170 Å². The van der Waals surface area contributed by atoms with Crippen LogP contribution >= 0.6 is 11.3 Å². The van der Waals surface area contributed by atoms with Crippen LogP contribution in [0.3, 0.4) is 0 Å². The Morgan fingerprint density at radius 2 is 2.03 bits per heavy atom. The number of carbonyl (C=O) groups is 1. The summed E-state index contributed by atoms with van der Waals surface area (Å²) >= 11 is 1.43. The number of hydrogen-bond donors (Lipinski definition) is 3. The number of benzene rings is 1. The van der Waals surface area contributed by atoms with E-state index in [1.54, 1.807) is 17.5 Å². The highest BCUT2D eigenvalue weighted by atomic mass is 32.1. The fourth-order valence-corrected chi connectivity index (χ4v) is 3.62. The predicted octanol–water partition coefficient (Wildman–Crippen LogP) is 2.82. The van der Waals surface area contributed by atoms with Crippen LogP contribution in [0.5, 0.6) is 0 Å². The quantitative estimate of drug-likeness (QED) is 0.307. The third kappa shape index (κ3) is 4.82. The monoisotopic (exact) mass is 410 g/mol. The fraction of sp³-hybridized carbons (Fsp3) is 0.200. The van der Waals surface area contributed by atoms with E-state index in [9.17, 15) is 9.18 Å². The number of para-hydroxylation sites is 2. The smallest absolute Gasteiger partial charge is 0.271 e. The SMILES string of the molecule is O=C(NCc1cccnc1F)c1csc(CCNCc2nc3ccccc3[nH]2)n1. The molecule has 4 rings (SSSR count). The molecule has 4 aromatic rings. The van der Waals surface area contributed by atoms with E-state index in [0.717, 1.165) is 21.9 Å². The first kappa shape index (κ1) is 19.2. The number of carbonyl (C=O) groups excluding carboxylic acids is 1. The number of pyridine rings is 1. The van der Waals surface area contributed by atoms with Crippen LogP contribution < -0.4 is 10.6 Å². The van der Waals surface area contributed by atoms with Crippen molar-refractivity contribution in [3.8, 4) is 0 Å². The molecule has 0 radical (unpaired) electrons. The third-order valence-corrected chi connectivity index (χ3v) is 5.22. The number of halogens is 1. The lowest BCUT2D eigenvalue weighted by atomic mass is 10.2. The zero-order valence-corrected chi connectivity index (χ0v) is 16.3. The van der Waals surface area contributed by atoms with Crippen molar-refractivity contribution >= 4 is 28.3 Å². The van der Waals surface area contributed by atoms with Crippen LogP contribution in [0.4, 0.5) is 4.39 Å². The van der Waals surface area contributed by atoms with Gasteiger partial charge in [0.25, 0.3) is 5.91 Å². The normalized spacial score (nSPS) is 11.1. The maximum Gasteiger partial charge on any atom is 0.271 e. The average Bonchev–Trinajstić information content (AvgIpc) is 3.37. The molecule has 0 aliphatic rings. The number of amides is 1. The minimum atomic E-state index is -0.581. The second-order valence-corrected chi connectivity index (χ2v) is 7.33. The topological polar surface area (TPSA) is 95.6 Å². The van der Waals surface area contributed by atoms with Gasteiger partial charge in [-0.3, -0.25) is 4.79 Å². The van der Waals surface area contributed by atoms with Crippen LogP contribution in [-0.4, -0.2) is 32.4 Å². The van der Waals surface area contributed by atoms with Crippen molar-refractivity contribution < 1.29 is 9.18 Å². The molecular weight excluding hydrogens is 391 g/mol. The molecule has 29 heavy (non-hydrogen) atoms. The van der Waals surface area contributed by atoms with Crippen molar-refractivity contribution in [2.75, 3.05) is 6.54 Å². The summed E-state index contributed by atoms with van der Waals surface area (Å²) in [7, 11) is 0. The highest BCUT2D eigenvalue weighted by Gasteiger charge is 2.12. The van der Waals surface area contributed by atoms with Gasteiger partial charge < -0.3 is 15.6 Å². The van der Waals surface area contributed by atoms with E-state index in [4.69, 9.17) is 0 Å². The second-order valence-electron chi connectivity index (χ2n) is 6.39. The minimum absolute atomic E-state index is 0.0738. The lowest BCUT2D eigenvalue weighted by Gasteiger charge is -2.03. The average molecular weight is 410 g/mol. The Morgan fingerprint density at radius 1 is 1.14 bits per heavy atom. The summed E-state index contributed by atoms with van der Waals surface area (Å²) in [6, 6.07) is 11.1. The van der Waals surface area contributed by atoms with Crippen molar-refractivity contribution in [3.05, 3.63) is 76.0 Å². The summed E-state index contributed by atoms with van der Waals surface area (Å²) in [4.78, 5) is 27.9. The second kappa shape index (κ2) is 8.89. The summed E-state index contributed by atoms with van der Waals surface area (Å²) in [6.07, 6.45) is 2.07. The van der Waals surface area contributed by atoms with E-state index in [0.29, 0.717) is 30.8 Å². The molecule has 0 unspecified atom stereocenters. The number of aromatic nitrogens is 4. The Morgan fingerprint density at radius 3 is 2.90 bits per heavy atom. The number of rotatable bonds is 8. The molecule has 148 valence electrons. The van der Waals surface area contributed by atoms with Crippen molar-refractivity contribution in [3.63, 3.8) is 0 Å². The van der Waals surface area contributed by atoms with E-state index >= 15 is 0 Å². The van der Waals surface area contributed by atoms with Crippen LogP contribution in [0.1, 0.15) is 26.9 Å². The van der Waals surface area contributed by atoms with Gasteiger partial charge in [-0.15, -0.1) is 11.3 Å². The molecule has 3 heterocycles. The van der Waals surface area contributed by atoms with Gasteiger partial charge >= 0.3 is 0 Å². The molecule has 0 aliphatic heterocycles. The van der Waals surface area contributed by atoms with E-state index in [1.807, 2.05) is 24.3 Å². The van der Waals surface area contributed by atoms with Gasteiger partial charge in [-0.05, 0) is 18.2 Å². The first-order valence-corrected chi connectivity index (χ1v) is 10.0. The first-order chi connectivity index (χ1) is 14.2. The Balaban J connectivity index is 1.23. The van der Waals surface area contributed by atoms with Crippen molar-refractivity contribution in [1.82, 2.24) is 30.6 Å². The predicted molar refractivity (Wildman–Crippen MR) is 109 cm³/mol. The number of thiazole rings is 1. The molecule has 3 N–H and O–H groups in total. The fourth-order valence-electron chi connectivity index (χ4n) is 2.84. The lowest BCUT2D eigenvalue weighted by molar-refractivity contribution is 0.0946. The minimum Gasteiger partial charge on any atom is -0.346 e. The standard InChI is InChI=1S/C20H19FN6OS/c21-19-13(4-3-8-23-19)10-24-20(28)16-12-29-18(27-16)7-9-22-11-17-25-14-5-1-2-6-15(14)26-17/h1-6,8,12,22H,7,9-11H2,(H,24,28)(H,25,26). The van der Waals surface area contributed by atoms with E-state index < -0.39 is 5.95 Å². The maximum atomic E-state index is 13.5. The molecule has 9 heteroatoms. The van der Waals surface area contributed by atoms with Gasteiger partial charge in [-0.2, -0.15) is 4.39 Å². The number of H-pyrrole nitrogens is 1. The van der Waals surface area contributed by atoms with Crippen LogP contribution in [0.25, 0.3) is 11.0 Å². The van der Waals surface area contributed by atoms with Crippen molar-refractivity contribution in [1.29, 1.82) is 0 Å². The number of imidazole rings is 1. The zero-order chi connectivity index (χ0) is 20.1. The molecule has 1 amide bonds. The molecule has 0 spiro atoms. The van der Waals surface area contributed by atoms with E-state index in [1.165, 1.54) is 17.5 Å². The van der Waals surface area contributed by atoms with Crippen molar-refractivity contribution in [2.45, 2.75) is 19.5 Å². The van der Waals surface area contributed by atoms with E-state index in [-0.39, 0.29) is 12.5 Å². The van der Waals surface area contributed by atoms with Crippen LogP contribution in [0.2, 0.25) is 0 Å². The van der Waals surface area contributed by atoms with Gasteiger partial charge in [0.15, 0.2) is 0 Å². The van der Waals surface area contributed by atoms with Crippen molar-refractivity contribution in [2.24, 2.45) is 0 Å². The summed E-state index contributed by atoms with van der Waals surface area (Å²) in [5.74, 6) is -0.0266. The van der Waals surface area contributed by atoms with Crippen LogP contribution in [-0.2, 0) is 19.5 Å². The number of hydrogen-bond acceptors (Lipinski definition) is 6. The van der Waals surface area contributed by atoms with Gasteiger partial charge in [-0.25, -0.2) is 15.0 Å². The number of nitrogens with one attached hydrogen (secondary N) is 3. The zero-order valence-electron chi connectivity index (χ0n) is 15.5. The van der Waals surface area contributed by atoms with Gasteiger partial charge in [0.05, 0.1) is 22.6 Å². The van der Waals surface area contributed by atoms with Crippen LogP contribution in [0.15, 0.2) is 48.0 Å². The Kier molecular flexibility index (Phi) is 5.87. The van der Waals surface area contributed by atoms with Gasteiger partial charge in [0.2, 0.25) is 5.95 Å². The molecular formula is C20H19FN6OS. The largest absolute Gasteiger partial charge is 0.346 e. The molecule has 0 saturated carbocycles. The highest BCUT2D eigenvalue weighted by Crippen LogP contribution is 2.12. The molecule has 0 saturated heterocycles. The molecule has 1 aromatic carbocycles. The Hall–Kier alpha value is -3.17. The molecule has 0 fully saturated rings. The van der Waals surface area contributed by atoms with Gasteiger partial charge in [0.1, 0.15) is 11.5 Å². The van der Waals surface area contributed by atoms with Crippen LogP contribution in [0, 0.1) is 5.95 Å². The van der Waals surface area contributed by atoms with Gasteiger partial charge in [-0.1, -0.05) is 18.2 Å². The third-order valence-electron chi connectivity index (χ3n) is 4.31. The summed E-state index contributed by atoms with van der Waals surface area (Å²) in [6.45, 7) is 1.42. The number of nitrogens with zero attached hydrogens (tertiary/aromatic N) is 3. The van der Waals surface area contributed by atoms with Gasteiger partial charge in [0, 0.05) is 36.7 Å². The molecule has 7 nitrogen and oxygen atoms in total. The maximum absolute atomic E-state index is 13.5. The summed E-state index contributed by atoms with van der Waals surface area (Å²) in [5.41, 5.74) is 2.65. The molecule has 0 aliphatic carbocycles. The summed E-state index contributed by atoms with van der Waals surface area (Å²) in [5, 5.41) is 8.57. The molecule has 0 atom stereocenters. The lowest BCUT2D eigenvalue weighted by Crippen LogP contribution is -2.24. The molecule has 0 bridgehead atoms. The first-order valence-electron chi connectivity index (χ1n) is 9.15. The van der Waals surface area contributed by atoms with E-state index in [2.05, 4.69) is 30.6 Å². The highest BCUT2D eigenvalue weighted by molar-refractivity contribution is 7.09. The molecule has 3 aromatic heterocycles. The number of aromatic amines is 1. The Bertz CT molecular complexity index is 1090. The number of fused-ring (bicyclic) bond motifs is 1.